The summed E-state index contributed by atoms with van der Waals surface area (Å²) in [7, 11) is 0. The predicted molar refractivity (Wildman–Crippen MR) is 68.9 cm³/mol. The molecule has 0 bridgehead atoms. The molecule has 0 aliphatic rings. The summed E-state index contributed by atoms with van der Waals surface area (Å²) in [6, 6.07) is 4.39. The molecule has 16 heavy (non-hydrogen) atoms. The summed E-state index contributed by atoms with van der Waals surface area (Å²) in [6.45, 7) is 10.8. The van der Waals surface area contributed by atoms with E-state index in [9.17, 15) is 0 Å². The largest absolute Gasteiger partial charge is 0.311 e. The van der Waals surface area contributed by atoms with Crippen molar-refractivity contribution in [2.75, 3.05) is 0 Å². The fraction of sp³-hybridized carbons (Fsp3) is 0.538. The highest BCUT2D eigenvalue weighted by Gasteiger charge is 2.18. The van der Waals surface area contributed by atoms with Crippen molar-refractivity contribution in [2.45, 2.75) is 46.2 Å². The van der Waals surface area contributed by atoms with Crippen molar-refractivity contribution in [3.8, 4) is 0 Å². The van der Waals surface area contributed by atoms with Crippen LogP contribution in [0.25, 0.3) is 0 Å². The van der Waals surface area contributed by atoms with Crippen molar-refractivity contribution in [1.82, 2.24) is 5.43 Å². The maximum absolute atomic E-state index is 5.92. The normalized spacial score (nSPS) is 13.9. The van der Waals surface area contributed by atoms with Gasteiger partial charge in [0.15, 0.2) is 0 Å². The van der Waals surface area contributed by atoms with Crippen LogP contribution in [0.5, 0.6) is 0 Å². The van der Waals surface area contributed by atoms with Gasteiger partial charge in [0, 0.05) is 0 Å². The minimum absolute atomic E-state index is 0.161. The third-order valence-electron chi connectivity index (χ3n) is 2.95. The number of nitrogens with two attached hydrogens (primary N) is 2. The van der Waals surface area contributed by atoms with E-state index < -0.39 is 0 Å². The maximum atomic E-state index is 5.92. The summed E-state index contributed by atoms with van der Waals surface area (Å²) in [4.78, 5) is 0. The van der Waals surface area contributed by atoms with E-state index >= 15 is 0 Å². The van der Waals surface area contributed by atoms with Gasteiger partial charge >= 0.3 is 0 Å². The van der Waals surface area contributed by atoms with Gasteiger partial charge in [-0.25, -0.2) is 5.43 Å². The summed E-state index contributed by atoms with van der Waals surface area (Å²) in [5, 5.41) is 0. The Balaban J connectivity index is 3.28. The molecule has 1 aromatic carbocycles. The molecular weight excluding hydrogens is 198 g/mol. The Hall–Kier alpha value is -0.900. The molecule has 1 atom stereocenters. The van der Waals surface area contributed by atoms with Gasteiger partial charge in [-0.3, -0.25) is 5.84 Å². The minimum Gasteiger partial charge on any atom is -0.311 e. The number of benzene rings is 1. The van der Waals surface area contributed by atoms with Crippen LogP contribution >= 0.6 is 0 Å². The zero-order valence-corrected chi connectivity index (χ0v) is 10.9. The lowest BCUT2D eigenvalue weighted by atomic mass is 9.83. The summed E-state index contributed by atoms with van der Waals surface area (Å²) in [6.07, 6.45) is -0.297. The van der Waals surface area contributed by atoms with Crippen LogP contribution in [0, 0.1) is 13.8 Å². The van der Waals surface area contributed by atoms with Crippen molar-refractivity contribution in [1.29, 1.82) is 0 Å². The molecule has 0 aliphatic heterocycles. The number of aryl methyl sites for hydroxylation is 2. The second-order valence-corrected chi connectivity index (χ2v) is 5.42. The first kappa shape index (κ1) is 13.2. The fourth-order valence-corrected chi connectivity index (χ4v) is 1.98. The van der Waals surface area contributed by atoms with Crippen LogP contribution in [0.2, 0.25) is 0 Å². The van der Waals surface area contributed by atoms with Gasteiger partial charge in [0.05, 0.1) is 6.17 Å². The van der Waals surface area contributed by atoms with Crippen LogP contribution < -0.4 is 17.0 Å². The summed E-state index contributed by atoms with van der Waals surface area (Å²) < 4.78 is 0. The lowest BCUT2D eigenvalue weighted by molar-refractivity contribution is 0.564. The van der Waals surface area contributed by atoms with Gasteiger partial charge in [-0.15, -0.1) is 0 Å². The van der Waals surface area contributed by atoms with Crippen molar-refractivity contribution in [3.05, 3.63) is 34.4 Å². The zero-order valence-electron chi connectivity index (χ0n) is 10.9. The number of hydrogen-bond donors (Lipinski definition) is 3. The Morgan fingerprint density at radius 1 is 1.12 bits per heavy atom. The number of nitrogens with one attached hydrogen (secondary N) is 1. The van der Waals surface area contributed by atoms with Crippen LogP contribution in [0.15, 0.2) is 12.1 Å². The SMILES string of the molecule is Cc1cc(C(C)(C)C)cc(C)c1C(N)NN. The van der Waals surface area contributed by atoms with Crippen LogP contribution in [-0.4, -0.2) is 0 Å². The van der Waals surface area contributed by atoms with Crippen LogP contribution in [-0.2, 0) is 5.41 Å². The number of hydrogen-bond acceptors (Lipinski definition) is 3. The van der Waals surface area contributed by atoms with E-state index in [1.54, 1.807) is 0 Å². The molecule has 90 valence electrons. The first-order valence-electron chi connectivity index (χ1n) is 5.60. The quantitative estimate of drug-likeness (QED) is 0.407. The molecule has 3 nitrogen and oxygen atoms in total. The van der Waals surface area contributed by atoms with E-state index in [-0.39, 0.29) is 11.6 Å². The summed E-state index contributed by atoms with van der Waals surface area (Å²) in [5.41, 5.74) is 13.5. The highest BCUT2D eigenvalue weighted by molar-refractivity contribution is 5.41. The molecule has 0 amide bonds. The summed E-state index contributed by atoms with van der Waals surface area (Å²) >= 11 is 0. The predicted octanol–water partition coefficient (Wildman–Crippen LogP) is 2.02. The average molecular weight is 221 g/mol. The molecule has 3 heteroatoms. The highest BCUT2D eigenvalue weighted by Crippen LogP contribution is 2.28. The van der Waals surface area contributed by atoms with Crippen LogP contribution in [0.1, 0.15) is 49.2 Å². The third kappa shape index (κ3) is 2.61. The van der Waals surface area contributed by atoms with Crippen molar-refractivity contribution in [2.24, 2.45) is 11.6 Å². The van der Waals surface area contributed by atoms with E-state index in [2.05, 4.69) is 52.2 Å². The van der Waals surface area contributed by atoms with E-state index in [0.29, 0.717) is 0 Å². The monoisotopic (exact) mass is 221 g/mol. The standard InChI is InChI=1S/C13H23N3/c1-8-6-10(13(3,4)5)7-9(2)11(8)12(14)16-15/h6-7,12,16H,14-15H2,1-5H3. The lowest BCUT2D eigenvalue weighted by Crippen LogP contribution is -2.35. The number of rotatable bonds is 2. The molecule has 0 saturated heterocycles. The summed E-state index contributed by atoms with van der Waals surface area (Å²) in [5.74, 6) is 5.39. The smallest absolute Gasteiger partial charge is 0.0941 e. The molecule has 0 heterocycles. The molecule has 1 aromatic rings. The molecule has 5 N–H and O–H groups in total. The van der Waals surface area contributed by atoms with E-state index in [4.69, 9.17) is 11.6 Å². The topological polar surface area (TPSA) is 64.1 Å². The molecule has 0 aromatic heterocycles. The van der Waals surface area contributed by atoms with Gasteiger partial charge in [-0.2, -0.15) is 0 Å². The Bertz CT molecular complexity index is 354. The molecule has 0 saturated carbocycles. The first-order chi connectivity index (χ1) is 7.27. The van der Waals surface area contributed by atoms with Crippen LogP contribution in [0.3, 0.4) is 0 Å². The third-order valence-corrected chi connectivity index (χ3v) is 2.95. The first-order valence-corrected chi connectivity index (χ1v) is 5.60. The maximum Gasteiger partial charge on any atom is 0.0941 e. The number of hydrazine groups is 1. The fourth-order valence-electron chi connectivity index (χ4n) is 1.98. The van der Waals surface area contributed by atoms with Gasteiger partial charge in [0.1, 0.15) is 0 Å². The Kier molecular flexibility index (Phi) is 3.73. The van der Waals surface area contributed by atoms with E-state index in [0.717, 1.165) is 5.56 Å². The van der Waals surface area contributed by atoms with Gasteiger partial charge in [0.25, 0.3) is 0 Å². The molecule has 0 spiro atoms. The molecule has 0 fully saturated rings. The van der Waals surface area contributed by atoms with Crippen molar-refractivity contribution in [3.63, 3.8) is 0 Å². The van der Waals surface area contributed by atoms with Crippen LogP contribution in [0.4, 0.5) is 0 Å². The van der Waals surface area contributed by atoms with Crippen molar-refractivity contribution >= 4 is 0 Å². The highest BCUT2D eigenvalue weighted by atomic mass is 15.3. The molecule has 1 rings (SSSR count). The Morgan fingerprint density at radius 2 is 1.56 bits per heavy atom. The minimum atomic E-state index is -0.297. The van der Waals surface area contributed by atoms with Gasteiger partial charge in [-0.05, 0) is 41.5 Å². The molecule has 0 radical (unpaired) electrons. The second kappa shape index (κ2) is 4.53. The average Bonchev–Trinajstić information content (AvgIpc) is 2.14. The Morgan fingerprint density at radius 3 is 1.88 bits per heavy atom. The van der Waals surface area contributed by atoms with E-state index in [1.165, 1.54) is 16.7 Å². The van der Waals surface area contributed by atoms with Gasteiger partial charge in [-0.1, -0.05) is 32.9 Å². The Labute approximate surface area is 98.2 Å². The molecular formula is C13H23N3. The second-order valence-electron chi connectivity index (χ2n) is 5.42. The van der Waals surface area contributed by atoms with Gasteiger partial charge < -0.3 is 5.73 Å². The molecule has 0 aliphatic carbocycles. The van der Waals surface area contributed by atoms with E-state index in [1.807, 2.05) is 0 Å². The zero-order chi connectivity index (χ0) is 12.5. The lowest BCUT2D eigenvalue weighted by Gasteiger charge is -2.24. The molecule has 1 unspecified atom stereocenters. The van der Waals surface area contributed by atoms with Crippen molar-refractivity contribution < 1.29 is 0 Å². The van der Waals surface area contributed by atoms with Gasteiger partial charge in [0.2, 0.25) is 0 Å².